The van der Waals surface area contributed by atoms with Gasteiger partial charge < -0.3 is 10.1 Å². The van der Waals surface area contributed by atoms with Gasteiger partial charge in [-0.1, -0.05) is 49.4 Å². The van der Waals surface area contributed by atoms with Crippen LogP contribution in [0.25, 0.3) is 10.9 Å². The second-order valence-electron chi connectivity index (χ2n) is 7.83. The zero-order valence-corrected chi connectivity index (χ0v) is 16.9. The number of nitrogens with zero attached hydrogens (tertiary/aromatic N) is 1. The molecule has 0 bridgehead atoms. The molecule has 1 aromatic heterocycles. The highest BCUT2D eigenvalue weighted by Crippen LogP contribution is 2.24. The van der Waals surface area contributed by atoms with E-state index in [4.69, 9.17) is 4.74 Å². The predicted octanol–water partition coefficient (Wildman–Crippen LogP) is 4.10. The van der Waals surface area contributed by atoms with Crippen molar-refractivity contribution in [2.45, 2.75) is 38.6 Å². The van der Waals surface area contributed by atoms with Crippen LogP contribution >= 0.6 is 0 Å². The van der Waals surface area contributed by atoms with Gasteiger partial charge in [-0.05, 0) is 48.1 Å². The molecule has 1 saturated heterocycles. The lowest BCUT2D eigenvalue weighted by Gasteiger charge is -2.20. The van der Waals surface area contributed by atoms with Gasteiger partial charge in [0.2, 0.25) is 5.91 Å². The fourth-order valence-electron chi connectivity index (χ4n) is 4.05. The smallest absolute Gasteiger partial charge is 0.220 e. The fraction of sp³-hybridized carbons (Fsp3) is 0.360. The molecule has 4 nitrogen and oxygen atoms in total. The number of nitrogens with one attached hydrogen (secondary N) is 1. The van der Waals surface area contributed by atoms with Crippen molar-refractivity contribution in [1.82, 2.24) is 10.3 Å². The number of para-hydroxylation sites is 1. The van der Waals surface area contributed by atoms with Crippen LogP contribution in [-0.4, -0.2) is 30.1 Å². The Morgan fingerprint density at radius 2 is 1.86 bits per heavy atom. The lowest BCUT2D eigenvalue weighted by atomic mass is 9.93. The number of amides is 1. The van der Waals surface area contributed by atoms with E-state index in [0.29, 0.717) is 19.6 Å². The lowest BCUT2D eigenvalue weighted by Crippen LogP contribution is -2.40. The summed E-state index contributed by atoms with van der Waals surface area (Å²) in [4.78, 5) is 17.0. The predicted molar refractivity (Wildman–Crippen MR) is 116 cm³/mol. The molecule has 1 aliphatic rings. The maximum atomic E-state index is 12.5. The highest BCUT2D eigenvalue weighted by Gasteiger charge is 2.30. The standard InChI is InChI=1S/C25H28N2O2/c1-2-18-7-9-19(10-8-18)11-12-25(28)27-24-17-29-16-21(24)15-20-13-14-26-23-6-4-3-5-22(20)23/h3-10,13-14,21,24H,2,11-12,15-17H2,1H3,(H,27,28)/t21-,24-/m1/s1. The van der Waals surface area contributed by atoms with E-state index in [2.05, 4.69) is 53.6 Å². The Labute approximate surface area is 172 Å². The van der Waals surface area contributed by atoms with Crippen LogP contribution in [0.5, 0.6) is 0 Å². The SMILES string of the molecule is CCc1ccc(CCC(=O)N[C@@H]2COC[C@H]2Cc2ccnc3ccccc23)cc1. The molecule has 29 heavy (non-hydrogen) atoms. The van der Waals surface area contributed by atoms with Crippen molar-refractivity contribution in [1.29, 1.82) is 0 Å². The van der Waals surface area contributed by atoms with E-state index >= 15 is 0 Å². The van der Waals surface area contributed by atoms with Crippen molar-refractivity contribution in [2.24, 2.45) is 5.92 Å². The van der Waals surface area contributed by atoms with Gasteiger partial charge in [0.15, 0.2) is 0 Å². The van der Waals surface area contributed by atoms with Crippen molar-refractivity contribution in [3.8, 4) is 0 Å². The molecule has 150 valence electrons. The van der Waals surface area contributed by atoms with Gasteiger partial charge in [-0.2, -0.15) is 0 Å². The third-order valence-corrected chi connectivity index (χ3v) is 5.84. The van der Waals surface area contributed by atoms with Gasteiger partial charge in [-0.15, -0.1) is 0 Å². The van der Waals surface area contributed by atoms with E-state index in [1.165, 1.54) is 22.1 Å². The molecule has 0 aliphatic carbocycles. The molecule has 4 heteroatoms. The molecule has 1 aliphatic heterocycles. The first-order chi connectivity index (χ1) is 14.2. The largest absolute Gasteiger partial charge is 0.379 e. The topological polar surface area (TPSA) is 51.2 Å². The second-order valence-corrected chi connectivity index (χ2v) is 7.83. The summed E-state index contributed by atoms with van der Waals surface area (Å²) >= 11 is 0. The van der Waals surface area contributed by atoms with Gasteiger partial charge in [0.25, 0.3) is 0 Å². The summed E-state index contributed by atoms with van der Waals surface area (Å²) < 4.78 is 5.71. The van der Waals surface area contributed by atoms with Crippen molar-refractivity contribution in [2.75, 3.05) is 13.2 Å². The van der Waals surface area contributed by atoms with Crippen LogP contribution in [0.2, 0.25) is 0 Å². The number of benzene rings is 2. The van der Waals surface area contributed by atoms with Crippen LogP contribution in [0.15, 0.2) is 60.8 Å². The van der Waals surface area contributed by atoms with Gasteiger partial charge >= 0.3 is 0 Å². The molecule has 0 spiro atoms. The third-order valence-electron chi connectivity index (χ3n) is 5.84. The Kier molecular flexibility index (Phi) is 6.20. The molecule has 0 saturated carbocycles. The number of hydrogen-bond acceptors (Lipinski definition) is 3. The number of aryl methyl sites for hydroxylation is 2. The van der Waals surface area contributed by atoms with E-state index in [0.717, 1.165) is 24.8 Å². The Hall–Kier alpha value is -2.72. The first kappa shape index (κ1) is 19.6. The van der Waals surface area contributed by atoms with Gasteiger partial charge in [-0.25, -0.2) is 0 Å². The summed E-state index contributed by atoms with van der Waals surface area (Å²) in [6, 6.07) is 18.9. The zero-order chi connectivity index (χ0) is 20.1. The summed E-state index contributed by atoms with van der Waals surface area (Å²) in [7, 11) is 0. The minimum absolute atomic E-state index is 0.0666. The maximum Gasteiger partial charge on any atom is 0.220 e. The highest BCUT2D eigenvalue weighted by molar-refractivity contribution is 5.82. The normalized spacial score (nSPS) is 18.8. The summed E-state index contributed by atoms with van der Waals surface area (Å²) in [5.74, 6) is 0.387. The van der Waals surface area contributed by atoms with Crippen molar-refractivity contribution < 1.29 is 9.53 Å². The molecular formula is C25H28N2O2. The van der Waals surface area contributed by atoms with Crippen LogP contribution < -0.4 is 5.32 Å². The monoisotopic (exact) mass is 388 g/mol. The van der Waals surface area contributed by atoms with Crippen LogP contribution in [0, 0.1) is 5.92 Å². The number of hydrogen-bond donors (Lipinski definition) is 1. The Morgan fingerprint density at radius 1 is 1.07 bits per heavy atom. The molecule has 1 amide bonds. The Morgan fingerprint density at radius 3 is 2.69 bits per heavy atom. The third kappa shape index (κ3) is 4.83. The molecule has 1 N–H and O–H groups in total. The molecule has 2 heterocycles. The summed E-state index contributed by atoms with van der Waals surface area (Å²) in [6.07, 6.45) is 5.06. The van der Waals surface area contributed by atoms with E-state index in [9.17, 15) is 4.79 Å². The summed E-state index contributed by atoms with van der Waals surface area (Å²) in [5.41, 5.74) is 4.81. The van der Waals surface area contributed by atoms with Crippen molar-refractivity contribution in [3.05, 3.63) is 77.5 Å². The average Bonchev–Trinajstić information content (AvgIpc) is 3.19. The average molecular weight is 389 g/mol. The zero-order valence-electron chi connectivity index (χ0n) is 16.9. The fourth-order valence-corrected chi connectivity index (χ4v) is 4.05. The first-order valence-corrected chi connectivity index (χ1v) is 10.5. The van der Waals surface area contributed by atoms with Crippen molar-refractivity contribution >= 4 is 16.8 Å². The quantitative estimate of drug-likeness (QED) is 0.663. The van der Waals surface area contributed by atoms with E-state index in [1.54, 1.807) is 0 Å². The lowest BCUT2D eigenvalue weighted by molar-refractivity contribution is -0.122. The minimum atomic E-state index is 0.0666. The molecule has 1 fully saturated rings. The molecule has 2 aromatic carbocycles. The van der Waals surface area contributed by atoms with Crippen LogP contribution in [-0.2, 0) is 28.8 Å². The maximum absolute atomic E-state index is 12.5. The molecule has 2 atom stereocenters. The second kappa shape index (κ2) is 9.19. The van der Waals surface area contributed by atoms with Crippen LogP contribution in [0.3, 0.4) is 0 Å². The number of rotatable bonds is 7. The molecule has 4 rings (SSSR count). The van der Waals surface area contributed by atoms with Crippen LogP contribution in [0.1, 0.15) is 30.0 Å². The van der Waals surface area contributed by atoms with Gasteiger partial charge in [-0.3, -0.25) is 9.78 Å². The Balaban J connectivity index is 1.35. The number of carbonyl (C=O) groups excluding carboxylic acids is 1. The molecule has 0 unspecified atom stereocenters. The van der Waals surface area contributed by atoms with Gasteiger partial charge in [0.1, 0.15) is 0 Å². The highest BCUT2D eigenvalue weighted by atomic mass is 16.5. The van der Waals surface area contributed by atoms with Gasteiger partial charge in [0.05, 0.1) is 24.8 Å². The summed E-state index contributed by atoms with van der Waals surface area (Å²) in [6.45, 7) is 3.42. The van der Waals surface area contributed by atoms with Crippen molar-refractivity contribution in [3.63, 3.8) is 0 Å². The molecule has 3 aromatic rings. The first-order valence-electron chi connectivity index (χ1n) is 10.5. The van der Waals surface area contributed by atoms with Gasteiger partial charge in [0, 0.05) is 23.9 Å². The van der Waals surface area contributed by atoms with E-state index in [-0.39, 0.29) is 17.9 Å². The van der Waals surface area contributed by atoms with E-state index in [1.807, 2.05) is 24.4 Å². The number of aromatic nitrogens is 1. The van der Waals surface area contributed by atoms with Crippen LogP contribution in [0.4, 0.5) is 0 Å². The number of ether oxygens (including phenoxy) is 1. The number of fused-ring (bicyclic) bond motifs is 1. The van der Waals surface area contributed by atoms with E-state index < -0.39 is 0 Å². The number of pyridine rings is 1. The summed E-state index contributed by atoms with van der Waals surface area (Å²) in [5, 5.41) is 4.39. The molecule has 0 radical (unpaired) electrons. The molecular weight excluding hydrogens is 360 g/mol. The Bertz CT molecular complexity index is 963. The number of carbonyl (C=O) groups is 1. The minimum Gasteiger partial charge on any atom is -0.379 e.